The molecule has 0 saturated carbocycles. The van der Waals surface area contributed by atoms with Gasteiger partial charge in [-0.05, 0) is 13.3 Å². The number of allylic oxidation sites excluding steroid dienone is 1. The lowest BCUT2D eigenvalue weighted by molar-refractivity contribution is 0.211. The van der Waals surface area contributed by atoms with Crippen molar-refractivity contribution < 1.29 is 5.11 Å². The normalized spacial score (nSPS) is 14.7. The molecule has 1 N–H and O–H groups in total. The third kappa shape index (κ3) is 2.29. The highest BCUT2D eigenvalue weighted by atomic mass is 16.3. The maximum atomic E-state index is 9.03. The Labute approximate surface area is 55.4 Å². The van der Waals surface area contributed by atoms with Crippen molar-refractivity contribution in [1.29, 1.82) is 5.26 Å². The van der Waals surface area contributed by atoms with E-state index in [0.717, 1.165) is 0 Å². The quantitative estimate of drug-likeness (QED) is 0.564. The third-order valence-electron chi connectivity index (χ3n) is 1.19. The average molecular weight is 125 g/mol. The van der Waals surface area contributed by atoms with Crippen molar-refractivity contribution in [2.75, 3.05) is 0 Å². The molecule has 50 valence electrons. The SMILES string of the molecule is C/C=C(\C#N)C(O)CC. The average Bonchev–Trinajstić information content (AvgIpc) is 1.90. The topological polar surface area (TPSA) is 44.0 Å². The fourth-order valence-corrected chi connectivity index (χ4v) is 0.551. The molecule has 0 saturated heterocycles. The van der Waals surface area contributed by atoms with Gasteiger partial charge in [0.1, 0.15) is 0 Å². The van der Waals surface area contributed by atoms with Gasteiger partial charge in [0.15, 0.2) is 0 Å². The molecule has 0 amide bonds. The summed E-state index contributed by atoms with van der Waals surface area (Å²) in [5.41, 5.74) is 0.456. The molecule has 0 aliphatic heterocycles. The molecule has 2 heteroatoms. The van der Waals surface area contributed by atoms with Crippen LogP contribution in [0.3, 0.4) is 0 Å². The van der Waals surface area contributed by atoms with Crippen molar-refractivity contribution >= 4 is 0 Å². The molecule has 1 atom stereocenters. The van der Waals surface area contributed by atoms with Gasteiger partial charge in [-0.1, -0.05) is 13.0 Å². The second-order valence-electron chi connectivity index (χ2n) is 1.78. The summed E-state index contributed by atoms with van der Waals surface area (Å²) < 4.78 is 0. The largest absolute Gasteiger partial charge is 0.388 e. The summed E-state index contributed by atoms with van der Waals surface area (Å²) in [6.45, 7) is 3.59. The lowest BCUT2D eigenvalue weighted by atomic mass is 10.1. The molecule has 0 rings (SSSR count). The zero-order valence-electron chi connectivity index (χ0n) is 5.76. The number of aliphatic hydroxyl groups is 1. The molecule has 0 radical (unpaired) electrons. The van der Waals surface area contributed by atoms with Crippen molar-refractivity contribution in [3.05, 3.63) is 11.6 Å². The number of hydrogen-bond donors (Lipinski definition) is 1. The Morgan fingerprint density at radius 3 is 2.56 bits per heavy atom. The Kier molecular flexibility index (Phi) is 3.74. The van der Waals surface area contributed by atoms with E-state index in [1.54, 1.807) is 13.0 Å². The fourth-order valence-electron chi connectivity index (χ4n) is 0.551. The van der Waals surface area contributed by atoms with Gasteiger partial charge < -0.3 is 5.11 Å². The summed E-state index contributed by atoms with van der Waals surface area (Å²) in [6, 6.07) is 1.91. The third-order valence-corrected chi connectivity index (χ3v) is 1.19. The van der Waals surface area contributed by atoms with E-state index >= 15 is 0 Å². The van der Waals surface area contributed by atoms with Crippen LogP contribution in [-0.2, 0) is 0 Å². The first-order valence-corrected chi connectivity index (χ1v) is 3.00. The minimum absolute atomic E-state index is 0.456. The van der Waals surface area contributed by atoms with Crippen molar-refractivity contribution in [3.63, 3.8) is 0 Å². The fraction of sp³-hybridized carbons (Fsp3) is 0.571. The van der Waals surface area contributed by atoms with Crippen LogP contribution < -0.4 is 0 Å². The van der Waals surface area contributed by atoms with Gasteiger partial charge in [0, 0.05) is 0 Å². The van der Waals surface area contributed by atoms with Crippen LogP contribution in [0.1, 0.15) is 20.3 Å². The Balaban J connectivity index is 4.01. The predicted molar refractivity (Wildman–Crippen MR) is 35.7 cm³/mol. The Bertz CT molecular complexity index is 143. The zero-order chi connectivity index (χ0) is 7.28. The van der Waals surface area contributed by atoms with E-state index in [1.165, 1.54) is 0 Å². The highest BCUT2D eigenvalue weighted by Crippen LogP contribution is 2.03. The van der Waals surface area contributed by atoms with Crippen LogP contribution >= 0.6 is 0 Å². The molecule has 2 nitrogen and oxygen atoms in total. The maximum Gasteiger partial charge on any atom is 0.0971 e. The zero-order valence-corrected chi connectivity index (χ0v) is 5.76. The van der Waals surface area contributed by atoms with E-state index in [-0.39, 0.29) is 0 Å². The molecule has 0 aliphatic rings. The van der Waals surface area contributed by atoms with Gasteiger partial charge in [-0.3, -0.25) is 0 Å². The highest BCUT2D eigenvalue weighted by molar-refractivity contribution is 5.23. The Morgan fingerprint density at radius 1 is 1.89 bits per heavy atom. The summed E-state index contributed by atoms with van der Waals surface area (Å²) in [6.07, 6.45) is 1.67. The van der Waals surface area contributed by atoms with E-state index < -0.39 is 6.10 Å². The molecule has 9 heavy (non-hydrogen) atoms. The summed E-state index contributed by atoms with van der Waals surface area (Å²) in [5, 5.41) is 17.4. The van der Waals surface area contributed by atoms with E-state index in [9.17, 15) is 0 Å². The first-order valence-electron chi connectivity index (χ1n) is 3.00. The van der Waals surface area contributed by atoms with E-state index in [0.29, 0.717) is 12.0 Å². The van der Waals surface area contributed by atoms with Crippen LogP contribution in [0.15, 0.2) is 11.6 Å². The molecule has 0 heterocycles. The summed E-state index contributed by atoms with van der Waals surface area (Å²) in [7, 11) is 0. The van der Waals surface area contributed by atoms with Gasteiger partial charge in [-0.15, -0.1) is 0 Å². The Hall–Kier alpha value is -0.810. The molecule has 0 bridgehead atoms. The van der Waals surface area contributed by atoms with Crippen LogP contribution in [0.2, 0.25) is 0 Å². The summed E-state index contributed by atoms with van der Waals surface area (Å²) in [5.74, 6) is 0. The lowest BCUT2D eigenvalue weighted by Crippen LogP contribution is -2.06. The van der Waals surface area contributed by atoms with Crippen LogP contribution in [0, 0.1) is 11.3 Å². The first-order chi connectivity index (χ1) is 4.26. The number of nitriles is 1. The molecule has 0 fully saturated rings. The van der Waals surface area contributed by atoms with Gasteiger partial charge in [-0.2, -0.15) is 5.26 Å². The molecular weight excluding hydrogens is 114 g/mol. The Morgan fingerprint density at radius 2 is 2.44 bits per heavy atom. The van der Waals surface area contributed by atoms with Crippen molar-refractivity contribution in [2.45, 2.75) is 26.4 Å². The van der Waals surface area contributed by atoms with Crippen LogP contribution in [-0.4, -0.2) is 11.2 Å². The molecule has 0 aromatic rings. The number of rotatable bonds is 2. The van der Waals surface area contributed by atoms with Crippen LogP contribution in [0.25, 0.3) is 0 Å². The maximum absolute atomic E-state index is 9.03. The predicted octanol–water partition coefficient (Wildman–Crippen LogP) is 1.23. The molecule has 0 aromatic carbocycles. The van der Waals surface area contributed by atoms with Gasteiger partial charge >= 0.3 is 0 Å². The van der Waals surface area contributed by atoms with Crippen molar-refractivity contribution in [1.82, 2.24) is 0 Å². The second-order valence-corrected chi connectivity index (χ2v) is 1.78. The van der Waals surface area contributed by atoms with E-state index in [1.807, 2.05) is 13.0 Å². The highest BCUT2D eigenvalue weighted by Gasteiger charge is 2.04. The monoisotopic (exact) mass is 125 g/mol. The van der Waals surface area contributed by atoms with E-state index in [2.05, 4.69) is 0 Å². The molecule has 1 unspecified atom stereocenters. The minimum atomic E-state index is -0.569. The molecule has 0 aromatic heterocycles. The molecule has 0 aliphatic carbocycles. The van der Waals surface area contributed by atoms with Gasteiger partial charge in [0.2, 0.25) is 0 Å². The van der Waals surface area contributed by atoms with Crippen LogP contribution in [0.4, 0.5) is 0 Å². The summed E-state index contributed by atoms with van der Waals surface area (Å²) >= 11 is 0. The number of aliphatic hydroxyl groups excluding tert-OH is 1. The number of hydrogen-bond acceptors (Lipinski definition) is 2. The van der Waals surface area contributed by atoms with Crippen molar-refractivity contribution in [3.8, 4) is 6.07 Å². The first kappa shape index (κ1) is 8.19. The van der Waals surface area contributed by atoms with Crippen LogP contribution in [0.5, 0.6) is 0 Å². The molecule has 0 spiro atoms. The second kappa shape index (κ2) is 4.11. The van der Waals surface area contributed by atoms with E-state index in [4.69, 9.17) is 10.4 Å². The van der Waals surface area contributed by atoms with Gasteiger partial charge in [0.25, 0.3) is 0 Å². The summed E-state index contributed by atoms with van der Waals surface area (Å²) in [4.78, 5) is 0. The minimum Gasteiger partial charge on any atom is -0.388 e. The standard InChI is InChI=1S/C7H11NO/c1-3-6(5-8)7(9)4-2/h3,7,9H,4H2,1-2H3/b6-3+. The molecular formula is C7H11NO. The van der Waals surface area contributed by atoms with Gasteiger partial charge in [-0.25, -0.2) is 0 Å². The smallest absolute Gasteiger partial charge is 0.0971 e. The number of nitrogens with zero attached hydrogens (tertiary/aromatic N) is 1. The van der Waals surface area contributed by atoms with Gasteiger partial charge in [0.05, 0.1) is 17.7 Å². The lowest BCUT2D eigenvalue weighted by Gasteiger charge is -2.02. The van der Waals surface area contributed by atoms with Crippen molar-refractivity contribution in [2.24, 2.45) is 0 Å².